The van der Waals surface area contributed by atoms with E-state index in [-0.39, 0.29) is 0 Å². The molecule has 0 saturated heterocycles. The van der Waals surface area contributed by atoms with Crippen molar-refractivity contribution in [2.45, 2.75) is 19.4 Å². The van der Waals surface area contributed by atoms with E-state index >= 15 is 0 Å². The third-order valence-corrected chi connectivity index (χ3v) is 3.57. The zero-order chi connectivity index (χ0) is 12.4. The molecule has 1 aliphatic rings. The van der Waals surface area contributed by atoms with Crippen LogP contribution in [0.5, 0.6) is 0 Å². The minimum atomic E-state index is 0.606. The number of nitrogens with two attached hydrogens (primary N) is 1. The zero-order valence-corrected chi connectivity index (χ0v) is 10.4. The van der Waals surface area contributed by atoms with E-state index < -0.39 is 0 Å². The smallest absolute Gasteiger partial charge is 0.0373 e. The lowest BCUT2D eigenvalue weighted by Gasteiger charge is -2.18. The number of anilines is 1. The highest BCUT2D eigenvalue weighted by Gasteiger charge is 2.09. The molecule has 0 bridgehead atoms. The molecule has 0 spiro atoms. The molecule has 0 saturated carbocycles. The van der Waals surface area contributed by atoms with Gasteiger partial charge in [0.1, 0.15) is 0 Å². The second-order valence-corrected chi connectivity index (χ2v) is 4.80. The summed E-state index contributed by atoms with van der Waals surface area (Å²) >= 11 is 0. The molecule has 92 valence electrons. The summed E-state index contributed by atoms with van der Waals surface area (Å²) in [5, 5.41) is 3.44. The van der Waals surface area contributed by atoms with E-state index in [1.165, 1.54) is 40.8 Å². The Labute approximate surface area is 108 Å². The summed E-state index contributed by atoms with van der Waals surface area (Å²) in [6, 6.07) is 15.2. The van der Waals surface area contributed by atoms with Crippen molar-refractivity contribution in [3.8, 4) is 11.1 Å². The van der Waals surface area contributed by atoms with Crippen LogP contribution in [-0.4, -0.2) is 6.54 Å². The Morgan fingerprint density at radius 1 is 1.00 bits per heavy atom. The number of benzene rings is 2. The van der Waals surface area contributed by atoms with Gasteiger partial charge >= 0.3 is 0 Å². The minimum absolute atomic E-state index is 0.606. The van der Waals surface area contributed by atoms with E-state index in [1.54, 1.807) is 0 Å². The number of fused-ring (bicyclic) bond motifs is 1. The van der Waals surface area contributed by atoms with Crippen LogP contribution in [0.1, 0.15) is 17.5 Å². The number of rotatable bonds is 2. The number of hydrogen-bond acceptors (Lipinski definition) is 2. The third kappa shape index (κ3) is 2.12. The first-order valence-electron chi connectivity index (χ1n) is 6.53. The van der Waals surface area contributed by atoms with Gasteiger partial charge in [-0.05, 0) is 47.2 Å². The van der Waals surface area contributed by atoms with Crippen molar-refractivity contribution in [2.24, 2.45) is 5.73 Å². The predicted molar refractivity (Wildman–Crippen MR) is 76.6 cm³/mol. The van der Waals surface area contributed by atoms with Crippen LogP contribution in [0.4, 0.5) is 5.69 Å². The summed E-state index contributed by atoms with van der Waals surface area (Å²) in [4.78, 5) is 0. The first-order valence-corrected chi connectivity index (χ1v) is 6.53. The molecule has 2 aromatic rings. The van der Waals surface area contributed by atoms with Gasteiger partial charge in [-0.15, -0.1) is 0 Å². The molecule has 0 atom stereocenters. The van der Waals surface area contributed by atoms with E-state index in [1.807, 2.05) is 0 Å². The lowest BCUT2D eigenvalue weighted by atomic mass is 9.97. The maximum absolute atomic E-state index is 5.62. The summed E-state index contributed by atoms with van der Waals surface area (Å²) in [6.45, 7) is 1.70. The fourth-order valence-corrected chi connectivity index (χ4v) is 2.49. The monoisotopic (exact) mass is 238 g/mol. The average molecular weight is 238 g/mol. The Kier molecular flexibility index (Phi) is 3.03. The third-order valence-electron chi connectivity index (χ3n) is 3.57. The van der Waals surface area contributed by atoms with Gasteiger partial charge in [0.05, 0.1) is 0 Å². The van der Waals surface area contributed by atoms with Crippen molar-refractivity contribution in [3.05, 3.63) is 53.6 Å². The molecule has 1 heterocycles. The molecule has 0 aromatic heterocycles. The van der Waals surface area contributed by atoms with Crippen molar-refractivity contribution < 1.29 is 0 Å². The lowest BCUT2D eigenvalue weighted by molar-refractivity contribution is 0.830. The van der Waals surface area contributed by atoms with Crippen molar-refractivity contribution in [3.63, 3.8) is 0 Å². The fourth-order valence-electron chi connectivity index (χ4n) is 2.49. The van der Waals surface area contributed by atoms with Crippen LogP contribution in [0.15, 0.2) is 42.5 Å². The van der Waals surface area contributed by atoms with Crippen molar-refractivity contribution in [2.75, 3.05) is 11.9 Å². The Morgan fingerprint density at radius 3 is 2.56 bits per heavy atom. The van der Waals surface area contributed by atoms with Crippen LogP contribution in [0, 0.1) is 0 Å². The van der Waals surface area contributed by atoms with Gasteiger partial charge in [-0.1, -0.05) is 30.3 Å². The topological polar surface area (TPSA) is 38.0 Å². The summed E-state index contributed by atoms with van der Waals surface area (Å²) in [5.41, 5.74) is 12.1. The molecule has 0 unspecified atom stereocenters. The van der Waals surface area contributed by atoms with Gasteiger partial charge in [0.25, 0.3) is 0 Å². The van der Waals surface area contributed by atoms with Crippen LogP contribution < -0.4 is 11.1 Å². The predicted octanol–water partition coefficient (Wildman–Crippen LogP) is 3.17. The van der Waals surface area contributed by atoms with E-state index in [0.717, 1.165) is 6.54 Å². The Morgan fingerprint density at radius 2 is 1.78 bits per heavy atom. The van der Waals surface area contributed by atoms with Gasteiger partial charge in [0.15, 0.2) is 0 Å². The molecule has 3 N–H and O–H groups in total. The molecule has 0 aliphatic carbocycles. The van der Waals surface area contributed by atoms with Crippen LogP contribution in [0.2, 0.25) is 0 Å². The fraction of sp³-hybridized carbons (Fsp3) is 0.250. The molecule has 0 fully saturated rings. The highest BCUT2D eigenvalue weighted by atomic mass is 14.9. The van der Waals surface area contributed by atoms with Crippen molar-refractivity contribution in [1.82, 2.24) is 0 Å². The SMILES string of the molecule is NCc1ccc(-c2ccc3c(c2)CCCN3)cc1. The number of nitrogens with one attached hydrogen (secondary N) is 1. The van der Waals surface area contributed by atoms with Crippen LogP contribution >= 0.6 is 0 Å². The number of hydrogen-bond donors (Lipinski definition) is 2. The van der Waals surface area contributed by atoms with Crippen LogP contribution in [0.25, 0.3) is 11.1 Å². The Hall–Kier alpha value is -1.80. The highest BCUT2D eigenvalue weighted by Crippen LogP contribution is 2.28. The first kappa shape index (κ1) is 11.3. The second-order valence-electron chi connectivity index (χ2n) is 4.80. The van der Waals surface area contributed by atoms with Gasteiger partial charge < -0.3 is 11.1 Å². The standard InChI is InChI=1S/C16H18N2/c17-11-12-3-5-13(6-4-12)14-7-8-16-15(10-14)2-1-9-18-16/h3-8,10,18H,1-2,9,11,17H2. The molecular formula is C16H18N2. The maximum Gasteiger partial charge on any atom is 0.0373 e. The van der Waals surface area contributed by atoms with Crippen LogP contribution in [0.3, 0.4) is 0 Å². The average Bonchev–Trinajstić information content (AvgIpc) is 2.47. The minimum Gasteiger partial charge on any atom is -0.385 e. The van der Waals surface area contributed by atoms with Gasteiger partial charge in [0.2, 0.25) is 0 Å². The summed E-state index contributed by atoms with van der Waals surface area (Å²) < 4.78 is 0. The molecule has 2 nitrogen and oxygen atoms in total. The molecule has 2 heteroatoms. The second kappa shape index (κ2) is 4.83. The van der Waals surface area contributed by atoms with E-state index in [2.05, 4.69) is 47.8 Å². The summed E-state index contributed by atoms with van der Waals surface area (Å²) in [7, 11) is 0. The normalized spacial score (nSPS) is 13.8. The molecule has 0 radical (unpaired) electrons. The number of aryl methyl sites for hydroxylation is 1. The first-order chi connectivity index (χ1) is 8.86. The molecule has 1 aliphatic heterocycles. The van der Waals surface area contributed by atoms with Crippen molar-refractivity contribution >= 4 is 5.69 Å². The molecule has 2 aromatic carbocycles. The van der Waals surface area contributed by atoms with E-state index in [4.69, 9.17) is 5.73 Å². The largest absolute Gasteiger partial charge is 0.385 e. The van der Waals surface area contributed by atoms with Gasteiger partial charge in [0, 0.05) is 18.8 Å². The van der Waals surface area contributed by atoms with Gasteiger partial charge in [-0.25, -0.2) is 0 Å². The molecule has 3 rings (SSSR count). The molecule has 18 heavy (non-hydrogen) atoms. The highest BCUT2D eigenvalue weighted by molar-refractivity contribution is 5.69. The quantitative estimate of drug-likeness (QED) is 0.843. The van der Waals surface area contributed by atoms with E-state index in [0.29, 0.717) is 6.54 Å². The summed E-state index contributed by atoms with van der Waals surface area (Å²) in [6.07, 6.45) is 2.40. The molecule has 0 amide bonds. The van der Waals surface area contributed by atoms with Crippen molar-refractivity contribution in [1.29, 1.82) is 0 Å². The zero-order valence-electron chi connectivity index (χ0n) is 10.4. The Balaban J connectivity index is 1.95. The Bertz CT molecular complexity index is 544. The lowest BCUT2D eigenvalue weighted by Crippen LogP contribution is -2.11. The molecular weight excluding hydrogens is 220 g/mol. The van der Waals surface area contributed by atoms with Gasteiger partial charge in [-0.3, -0.25) is 0 Å². The maximum atomic E-state index is 5.62. The van der Waals surface area contributed by atoms with E-state index in [9.17, 15) is 0 Å². The summed E-state index contributed by atoms with van der Waals surface area (Å²) in [5.74, 6) is 0. The van der Waals surface area contributed by atoms with Crippen LogP contribution in [-0.2, 0) is 13.0 Å². The van der Waals surface area contributed by atoms with Gasteiger partial charge in [-0.2, -0.15) is 0 Å².